The van der Waals surface area contributed by atoms with Crippen molar-refractivity contribution in [2.24, 2.45) is 21.5 Å². The van der Waals surface area contributed by atoms with Crippen LogP contribution in [-0.4, -0.2) is 60.0 Å². The molecule has 0 spiro atoms. The van der Waals surface area contributed by atoms with Gasteiger partial charge in [0.15, 0.2) is 5.96 Å². The molecule has 0 saturated carbocycles. The minimum absolute atomic E-state index is 0.225. The zero-order valence-corrected chi connectivity index (χ0v) is 19.2. The minimum Gasteiger partial charge on any atom is -0.370 e. The standard InChI is InChI=1S/C12H16N4O.C7H5NO.C5H11N3/c13-11(16-8-4-5-9-16)15-12(17)14-10-6-2-1-3-7-10;9-6-8-7-4-2-1-3-5-7;6-5(7)8-3-1-2-4-8/h1-3,6-7H,4-5,8-9H2,(H3,13,14,15,17);1-5H;1-4H2,(H3,6,7). The maximum Gasteiger partial charge on any atom is 0.348 e. The van der Waals surface area contributed by atoms with E-state index in [4.69, 9.17) is 16.9 Å². The van der Waals surface area contributed by atoms with Crippen LogP contribution in [0.15, 0.2) is 70.6 Å². The third-order valence-electron chi connectivity index (χ3n) is 5.05. The molecule has 0 bridgehead atoms. The van der Waals surface area contributed by atoms with Gasteiger partial charge in [-0.2, -0.15) is 9.98 Å². The Hall–Kier alpha value is -4.17. The number of isocyanates is 1. The second-order valence-electron chi connectivity index (χ2n) is 7.58. The van der Waals surface area contributed by atoms with E-state index in [-0.39, 0.29) is 5.96 Å². The Balaban J connectivity index is 0.000000201. The molecule has 0 unspecified atom stereocenters. The highest BCUT2D eigenvalue weighted by atomic mass is 16.2. The third-order valence-corrected chi connectivity index (χ3v) is 5.05. The average molecular weight is 465 g/mol. The highest BCUT2D eigenvalue weighted by Crippen LogP contribution is 2.09. The summed E-state index contributed by atoms with van der Waals surface area (Å²) in [5, 5.41) is 9.66. The fourth-order valence-electron chi connectivity index (χ4n) is 3.31. The summed E-state index contributed by atoms with van der Waals surface area (Å²) in [6.45, 7) is 3.73. The number of amides is 2. The number of nitrogens with one attached hydrogen (secondary N) is 2. The Morgan fingerprint density at radius 3 is 1.82 bits per heavy atom. The van der Waals surface area contributed by atoms with Crippen LogP contribution in [0.1, 0.15) is 25.7 Å². The topological polar surface area (TPSA) is 153 Å². The van der Waals surface area contributed by atoms with Gasteiger partial charge in [0, 0.05) is 31.9 Å². The number of nitrogens with two attached hydrogens (primary N) is 2. The molecule has 2 heterocycles. The normalized spacial score (nSPS) is 14.6. The summed E-state index contributed by atoms with van der Waals surface area (Å²) < 4.78 is 0. The number of para-hydroxylation sites is 2. The molecule has 10 nitrogen and oxygen atoms in total. The van der Waals surface area contributed by atoms with Gasteiger partial charge in [0.1, 0.15) is 0 Å². The van der Waals surface area contributed by atoms with Crippen molar-refractivity contribution in [2.75, 3.05) is 31.5 Å². The van der Waals surface area contributed by atoms with Crippen molar-refractivity contribution >= 4 is 35.4 Å². The van der Waals surface area contributed by atoms with Gasteiger partial charge in [-0.15, -0.1) is 0 Å². The molecule has 0 aliphatic carbocycles. The molecule has 0 aromatic heterocycles. The molecule has 2 aliphatic heterocycles. The van der Waals surface area contributed by atoms with Crippen molar-refractivity contribution in [2.45, 2.75) is 25.7 Å². The molecule has 2 aromatic rings. The number of nitrogens with zero attached hydrogens (tertiary/aromatic N) is 4. The number of carbonyl (C=O) groups excluding carboxylic acids is 2. The Morgan fingerprint density at radius 2 is 1.35 bits per heavy atom. The van der Waals surface area contributed by atoms with E-state index >= 15 is 0 Å². The van der Waals surface area contributed by atoms with E-state index in [1.54, 1.807) is 24.3 Å². The summed E-state index contributed by atoms with van der Waals surface area (Å²) in [6, 6.07) is 17.7. The summed E-state index contributed by atoms with van der Waals surface area (Å²) in [7, 11) is 0. The number of hydrogen-bond acceptors (Lipinski definition) is 4. The smallest absolute Gasteiger partial charge is 0.348 e. The molecular weight excluding hydrogens is 432 g/mol. The number of rotatable bonds is 2. The van der Waals surface area contributed by atoms with Gasteiger partial charge in [-0.05, 0) is 49.9 Å². The summed E-state index contributed by atoms with van der Waals surface area (Å²) in [4.78, 5) is 32.3. The number of benzene rings is 2. The third kappa shape index (κ3) is 9.97. The fourth-order valence-corrected chi connectivity index (χ4v) is 3.31. The van der Waals surface area contributed by atoms with Gasteiger partial charge in [0.25, 0.3) is 0 Å². The van der Waals surface area contributed by atoms with Gasteiger partial charge < -0.3 is 26.6 Å². The largest absolute Gasteiger partial charge is 0.370 e. The molecule has 180 valence electrons. The zero-order valence-electron chi connectivity index (χ0n) is 19.2. The van der Waals surface area contributed by atoms with Gasteiger partial charge in [0.05, 0.1) is 5.69 Å². The van der Waals surface area contributed by atoms with Crippen LogP contribution in [0.5, 0.6) is 0 Å². The van der Waals surface area contributed by atoms with Crippen molar-refractivity contribution in [1.29, 1.82) is 5.41 Å². The van der Waals surface area contributed by atoms with Crippen LogP contribution in [0.4, 0.5) is 16.2 Å². The van der Waals surface area contributed by atoms with E-state index in [2.05, 4.69) is 15.3 Å². The maximum atomic E-state index is 11.6. The molecule has 2 aromatic carbocycles. The van der Waals surface area contributed by atoms with Crippen molar-refractivity contribution in [3.05, 3.63) is 60.7 Å². The highest BCUT2D eigenvalue weighted by Gasteiger charge is 2.14. The van der Waals surface area contributed by atoms with Crippen LogP contribution in [0.3, 0.4) is 0 Å². The SMILES string of the molecule is N=C(N)N1CCCC1.NC(=NC(=O)Nc1ccccc1)N1CCCC1.O=C=Nc1ccccc1. The predicted octanol–water partition coefficient (Wildman–Crippen LogP) is 3.26. The van der Waals surface area contributed by atoms with E-state index in [9.17, 15) is 9.59 Å². The zero-order chi connectivity index (χ0) is 24.6. The van der Waals surface area contributed by atoms with E-state index in [0.717, 1.165) is 44.7 Å². The first-order valence-corrected chi connectivity index (χ1v) is 11.2. The van der Waals surface area contributed by atoms with Gasteiger partial charge in [0.2, 0.25) is 12.0 Å². The lowest BCUT2D eigenvalue weighted by molar-refractivity contribution is 0.259. The fraction of sp³-hybridized carbons (Fsp3) is 0.333. The first-order valence-electron chi connectivity index (χ1n) is 11.2. The Labute approximate surface area is 199 Å². The molecule has 0 radical (unpaired) electrons. The van der Waals surface area contributed by atoms with Crippen LogP contribution in [0.2, 0.25) is 0 Å². The summed E-state index contributed by atoms with van der Waals surface area (Å²) in [5.41, 5.74) is 12.3. The Morgan fingerprint density at radius 1 is 0.853 bits per heavy atom. The van der Waals surface area contributed by atoms with Crippen LogP contribution in [0.25, 0.3) is 0 Å². The number of hydrogen-bond donors (Lipinski definition) is 4. The highest BCUT2D eigenvalue weighted by molar-refractivity contribution is 5.98. The van der Waals surface area contributed by atoms with Crippen LogP contribution < -0.4 is 16.8 Å². The van der Waals surface area contributed by atoms with Crippen molar-refractivity contribution in [3.8, 4) is 0 Å². The van der Waals surface area contributed by atoms with Gasteiger partial charge in [-0.1, -0.05) is 36.4 Å². The van der Waals surface area contributed by atoms with E-state index in [1.165, 1.54) is 18.9 Å². The number of anilines is 1. The molecule has 0 atom stereocenters. The molecule has 34 heavy (non-hydrogen) atoms. The molecule has 2 fully saturated rings. The summed E-state index contributed by atoms with van der Waals surface area (Å²) in [6.07, 6.45) is 6.06. The number of aliphatic imine (C=N–C) groups is 2. The Bertz CT molecular complexity index is 963. The second-order valence-corrected chi connectivity index (χ2v) is 7.58. The van der Waals surface area contributed by atoms with Crippen LogP contribution in [-0.2, 0) is 4.79 Å². The molecule has 2 aliphatic rings. The number of urea groups is 1. The average Bonchev–Trinajstić information content (AvgIpc) is 3.56. The number of likely N-dealkylation sites (tertiary alicyclic amines) is 2. The molecule has 2 amide bonds. The van der Waals surface area contributed by atoms with Crippen LogP contribution >= 0.6 is 0 Å². The minimum atomic E-state index is -0.430. The summed E-state index contributed by atoms with van der Waals surface area (Å²) >= 11 is 0. The first-order chi connectivity index (χ1) is 16.5. The van der Waals surface area contributed by atoms with Gasteiger partial charge in [-0.25, -0.2) is 9.59 Å². The lowest BCUT2D eigenvalue weighted by atomic mass is 10.3. The van der Waals surface area contributed by atoms with Crippen molar-refractivity contribution in [1.82, 2.24) is 9.80 Å². The maximum absolute atomic E-state index is 11.6. The first kappa shape index (κ1) is 26.1. The van der Waals surface area contributed by atoms with Crippen LogP contribution in [0, 0.1) is 5.41 Å². The number of guanidine groups is 2. The lowest BCUT2D eigenvalue weighted by Gasteiger charge is -2.15. The monoisotopic (exact) mass is 464 g/mol. The predicted molar refractivity (Wildman–Crippen MR) is 135 cm³/mol. The summed E-state index contributed by atoms with van der Waals surface area (Å²) in [5.74, 6) is 0.526. The number of carbonyl (C=O) groups is 1. The van der Waals surface area contributed by atoms with E-state index in [1.807, 2.05) is 46.2 Å². The van der Waals surface area contributed by atoms with Crippen molar-refractivity contribution in [3.63, 3.8) is 0 Å². The van der Waals surface area contributed by atoms with Crippen molar-refractivity contribution < 1.29 is 9.59 Å². The molecule has 6 N–H and O–H groups in total. The van der Waals surface area contributed by atoms with Gasteiger partial charge >= 0.3 is 6.03 Å². The van der Waals surface area contributed by atoms with Gasteiger partial charge in [-0.3, -0.25) is 5.41 Å². The lowest BCUT2D eigenvalue weighted by Crippen LogP contribution is -2.36. The molecule has 10 heteroatoms. The quantitative estimate of drug-likeness (QED) is 0.304. The van der Waals surface area contributed by atoms with E-state index in [0.29, 0.717) is 11.6 Å². The second kappa shape index (κ2) is 14.8. The molecule has 2 saturated heterocycles. The Kier molecular flexibility index (Phi) is 11.4. The molecular formula is C24H32N8O2. The van der Waals surface area contributed by atoms with E-state index < -0.39 is 6.03 Å². The molecule has 4 rings (SSSR count).